The molecule has 4 rings (SSSR count). The summed E-state index contributed by atoms with van der Waals surface area (Å²) in [6, 6.07) is 21.9. The van der Waals surface area contributed by atoms with Crippen LogP contribution in [-0.4, -0.2) is 42.9 Å². The third-order valence-corrected chi connectivity index (χ3v) is 8.42. The second-order valence-corrected chi connectivity index (χ2v) is 11.5. The number of thioether (sulfide) groups is 1. The minimum absolute atomic E-state index is 0.00788. The second kappa shape index (κ2) is 14.3. The Labute approximate surface area is 243 Å². The summed E-state index contributed by atoms with van der Waals surface area (Å²) in [5, 5.41) is 3.04. The Kier molecular flexibility index (Phi) is 10.6. The molecule has 2 amide bonds. The van der Waals surface area contributed by atoms with Crippen molar-refractivity contribution >= 4 is 35.3 Å². The van der Waals surface area contributed by atoms with E-state index >= 15 is 0 Å². The molecule has 0 aromatic heterocycles. The summed E-state index contributed by atoms with van der Waals surface area (Å²) in [7, 11) is 0. The molecule has 1 aliphatic heterocycles. The summed E-state index contributed by atoms with van der Waals surface area (Å²) in [5.41, 5.74) is 5.97. The first-order chi connectivity index (χ1) is 19.4. The van der Waals surface area contributed by atoms with Gasteiger partial charge in [0, 0.05) is 17.0 Å². The lowest BCUT2D eigenvalue weighted by Crippen LogP contribution is -2.34. The third-order valence-electron chi connectivity index (χ3n) is 7.35. The maximum atomic E-state index is 13.7. The van der Waals surface area contributed by atoms with Gasteiger partial charge in [0.15, 0.2) is 0 Å². The van der Waals surface area contributed by atoms with E-state index in [4.69, 9.17) is 0 Å². The van der Waals surface area contributed by atoms with Crippen LogP contribution in [0.25, 0.3) is 6.08 Å². The number of nitrogens with one attached hydrogen (secondary N) is 1. The van der Waals surface area contributed by atoms with E-state index in [0.717, 1.165) is 47.8 Å². The molecule has 0 spiro atoms. The van der Waals surface area contributed by atoms with Crippen molar-refractivity contribution in [2.45, 2.75) is 58.4 Å². The van der Waals surface area contributed by atoms with Gasteiger partial charge in [-0.05, 0) is 93.4 Å². The Balaban J connectivity index is 1.43. The highest BCUT2D eigenvalue weighted by Crippen LogP contribution is 2.42. The highest BCUT2D eigenvalue weighted by molar-refractivity contribution is 8.04. The fraction of sp³-hybridized carbons (Fsp3) is 0.353. The van der Waals surface area contributed by atoms with Gasteiger partial charge in [-0.1, -0.05) is 80.1 Å². The van der Waals surface area contributed by atoms with Crippen molar-refractivity contribution in [1.82, 2.24) is 10.2 Å². The fourth-order valence-corrected chi connectivity index (χ4v) is 5.92. The molecule has 3 aromatic carbocycles. The first kappa shape index (κ1) is 29.6. The van der Waals surface area contributed by atoms with E-state index in [0.29, 0.717) is 23.6 Å². The summed E-state index contributed by atoms with van der Waals surface area (Å²) in [4.78, 5) is 32.4. The maximum Gasteiger partial charge on any atom is 0.265 e. The zero-order valence-electron chi connectivity index (χ0n) is 24.2. The molecule has 3 aromatic rings. The number of nitrogens with zero attached hydrogens (tertiary/aromatic N) is 2. The van der Waals surface area contributed by atoms with Gasteiger partial charge in [0.05, 0.1) is 17.1 Å². The third kappa shape index (κ3) is 7.64. The molecule has 0 atom stereocenters. The Hall–Kier alpha value is -3.35. The molecular weight excluding hydrogens is 514 g/mol. The molecule has 0 unspecified atom stereocenters. The van der Waals surface area contributed by atoms with Crippen LogP contribution in [0.3, 0.4) is 0 Å². The summed E-state index contributed by atoms with van der Waals surface area (Å²) >= 11 is 1.50. The second-order valence-electron chi connectivity index (χ2n) is 10.4. The number of hydrogen-bond acceptors (Lipinski definition) is 4. The van der Waals surface area contributed by atoms with Crippen LogP contribution in [0.2, 0.25) is 0 Å². The van der Waals surface area contributed by atoms with Crippen LogP contribution in [0.1, 0.15) is 65.7 Å². The highest BCUT2D eigenvalue weighted by Gasteiger charge is 2.29. The molecule has 0 bridgehead atoms. The zero-order valence-corrected chi connectivity index (χ0v) is 25.0. The van der Waals surface area contributed by atoms with Gasteiger partial charge in [-0.25, -0.2) is 0 Å². The maximum absolute atomic E-state index is 13.7. The number of anilines is 1. The van der Waals surface area contributed by atoms with Crippen LogP contribution in [0.5, 0.6) is 0 Å². The van der Waals surface area contributed by atoms with E-state index in [1.54, 1.807) is 0 Å². The number of rotatable bonds is 12. The summed E-state index contributed by atoms with van der Waals surface area (Å²) in [6.07, 6.45) is 5.28. The first-order valence-electron chi connectivity index (χ1n) is 14.4. The summed E-state index contributed by atoms with van der Waals surface area (Å²) in [5.74, 6) is -0.0703. The molecule has 0 radical (unpaired) electrons. The monoisotopic (exact) mass is 555 g/mol. The lowest BCUT2D eigenvalue weighted by atomic mass is 10.0. The molecule has 0 aliphatic carbocycles. The van der Waals surface area contributed by atoms with Crippen molar-refractivity contribution in [3.63, 3.8) is 0 Å². The SMILES string of the molecule is CCCCN(CC)CCCNC(=O)c1ccc(C=C2Sc3ccccc3N(Cc3cc(C)ccc3C)C2=O)cc1. The Morgan fingerprint density at radius 2 is 1.73 bits per heavy atom. The Bertz CT molecular complexity index is 1350. The number of aryl methyl sites for hydroxylation is 2. The summed E-state index contributed by atoms with van der Waals surface area (Å²) < 4.78 is 0. The fourth-order valence-electron chi connectivity index (χ4n) is 4.86. The summed E-state index contributed by atoms with van der Waals surface area (Å²) in [6.45, 7) is 12.9. The lowest BCUT2D eigenvalue weighted by Gasteiger charge is -2.31. The van der Waals surface area contributed by atoms with Crippen LogP contribution < -0.4 is 10.2 Å². The van der Waals surface area contributed by atoms with Crippen molar-refractivity contribution in [1.29, 1.82) is 0 Å². The molecule has 0 fully saturated rings. The van der Waals surface area contributed by atoms with Gasteiger partial charge < -0.3 is 15.1 Å². The van der Waals surface area contributed by atoms with Gasteiger partial charge in [-0.15, -0.1) is 0 Å². The van der Waals surface area contributed by atoms with Crippen molar-refractivity contribution < 1.29 is 9.59 Å². The molecule has 40 heavy (non-hydrogen) atoms. The minimum Gasteiger partial charge on any atom is -0.352 e. The van der Waals surface area contributed by atoms with Crippen molar-refractivity contribution in [3.05, 3.63) is 99.5 Å². The first-order valence-corrected chi connectivity index (χ1v) is 15.2. The largest absolute Gasteiger partial charge is 0.352 e. The average molecular weight is 556 g/mol. The average Bonchev–Trinajstić information content (AvgIpc) is 2.97. The van der Waals surface area contributed by atoms with Gasteiger partial charge in [-0.3, -0.25) is 9.59 Å². The Morgan fingerprint density at radius 1 is 0.975 bits per heavy atom. The number of hydrogen-bond donors (Lipinski definition) is 1. The van der Waals surface area contributed by atoms with E-state index in [-0.39, 0.29) is 11.8 Å². The standard InChI is InChI=1S/C34H41N3O2S/c1-5-7-20-36(6-2)21-10-19-35-33(38)28-17-15-27(16-18-28)23-32-34(39)37(30-11-8-9-12-31(30)40-32)24-29-22-25(3)13-14-26(29)4/h8-9,11-18,22-23H,5-7,10,19-21,24H2,1-4H3,(H,35,38). The molecule has 6 heteroatoms. The van der Waals surface area contributed by atoms with Gasteiger partial charge in [0.25, 0.3) is 11.8 Å². The van der Waals surface area contributed by atoms with Crippen LogP contribution in [0.15, 0.2) is 76.5 Å². The lowest BCUT2D eigenvalue weighted by molar-refractivity contribution is -0.114. The van der Waals surface area contributed by atoms with Crippen molar-refractivity contribution in [3.8, 4) is 0 Å². The molecule has 0 saturated heterocycles. The number of carbonyl (C=O) groups excluding carboxylic acids is 2. The van der Waals surface area contributed by atoms with Crippen LogP contribution in [0, 0.1) is 13.8 Å². The van der Waals surface area contributed by atoms with Crippen LogP contribution >= 0.6 is 11.8 Å². The highest BCUT2D eigenvalue weighted by atomic mass is 32.2. The number of carbonyl (C=O) groups is 2. The molecule has 1 N–H and O–H groups in total. The van der Waals surface area contributed by atoms with E-state index in [1.165, 1.54) is 35.7 Å². The number of unbranched alkanes of at least 4 members (excludes halogenated alkanes) is 1. The van der Waals surface area contributed by atoms with Gasteiger partial charge in [-0.2, -0.15) is 0 Å². The van der Waals surface area contributed by atoms with Crippen LogP contribution in [-0.2, 0) is 11.3 Å². The number of amides is 2. The predicted octanol–water partition coefficient (Wildman–Crippen LogP) is 7.23. The quantitative estimate of drug-likeness (QED) is 0.189. The number of benzene rings is 3. The van der Waals surface area contributed by atoms with E-state index in [1.807, 2.05) is 53.4 Å². The predicted molar refractivity (Wildman–Crippen MR) is 168 cm³/mol. The molecule has 1 aliphatic rings. The van der Waals surface area contributed by atoms with Crippen LogP contribution in [0.4, 0.5) is 5.69 Å². The van der Waals surface area contributed by atoms with Crippen molar-refractivity contribution in [2.24, 2.45) is 0 Å². The molecule has 0 saturated carbocycles. The molecule has 5 nitrogen and oxygen atoms in total. The normalized spacial score (nSPS) is 14.1. The number of fused-ring (bicyclic) bond motifs is 1. The van der Waals surface area contributed by atoms with Gasteiger partial charge in [0.2, 0.25) is 0 Å². The Morgan fingerprint density at radius 3 is 2.48 bits per heavy atom. The van der Waals surface area contributed by atoms with Gasteiger partial charge >= 0.3 is 0 Å². The zero-order chi connectivity index (χ0) is 28.5. The van der Waals surface area contributed by atoms with E-state index < -0.39 is 0 Å². The molecular formula is C34H41N3O2S. The number of para-hydroxylation sites is 1. The minimum atomic E-state index is -0.0624. The van der Waals surface area contributed by atoms with E-state index in [9.17, 15) is 9.59 Å². The van der Waals surface area contributed by atoms with Crippen molar-refractivity contribution in [2.75, 3.05) is 31.1 Å². The van der Waals surface area contributed by atoms with Gasteiger partial charge in [0.1, 0.15) is 0 Å². The molecule has 210 valence electrons. The topological polar surface area (TPSA) is 52.7 Å². The smallest absolute Gasteiger partial charge is 0.265 e. The van der Waals surface area contributed by atoms with E-state index in [2.05, 4.69) is 62.2 Å². The molecule has 1 heterocycles.